The van der Waals surface area contributed by atoms with Crippen LogP contribution in [0.15, 0.2) is 18.2 Å². The Morgan fingerprint density at radius 1 is 1.10 bits per heavy atom. The number of hydrogen-bond acceptors (Lipinski definition) is 4. The second-order valence-corrected chi connectivity index (χ2v) is 5.98. The van der Waals surface area contributed by atoms with Crippen LogP contribution in [0.25, 0.3) is 0 Å². The molecule has 0 radical (unpaired) electrons. The summed E-state index contributed by atoms with van der Waals surface area (Å²) in [5.41, 5.74) is 1.21. The molecule has 0 aliphatic heterocycles. The minimum absolute atomic E-state index is 0.749. The van der Waals surface area contributed by atoms with Crippen LogP contribution in [0.1, 0.15) is 38.7 Å². The van der Waals surface area contributed by atoms with Crippen molar-refractivity contribution < 1.29 is 9.47 Å². The quantitative estimate of drug-likeness (QED) is 0.589. The van der Waals surface area contributed by atoms with E-state index >= 15 is 0 Å². The third-order valence-electron chi connectivity index (χ3n) is 3.00. The largest absolute Gasteiger partial charge is 0.493 e. The third kappa shape index (κ3) is 7.63. The fourth-order valence-electron chi connectivity index (χ4n) is 1.91. The highest BCUT2D eigenvalue weighted by molar-refractivity contribution is 7.98. The van der Waals surface area contributed by atoms with E-state index in [0.717, 1.165) is 62.8 Å². The zero-order valence-electron chi connectivity index (χ0n) is 13.6. The standard InChI is InChI=1S/C17H29NO2S/c1-4-9-18-14-15-7-8-16(19-10-5-2)13-17(15)20-11-6-12-21-3/h7-8,13,18H,4-6,9-12,14H2,1-3H3. The Balaban J connectivity index is 2.64. The van der Waals surface area contributed by atoms with Crippen molar-refractivity contribution in [3.05, 3.63) is 23.8 Å². The van der Waals surface area contributed by atoms with Gasteiger partial charge in [-0.25, -0.2) is 0 Å². The van der Waals surface area contributed by atoms with Crippen molar-refractivity contribution in [2.45, 2.75) is 39.7 Å². The van der Waals surface area contributed by atoms with E-state index in [1.54, 1.807) is 0 Å². The molecule has 0 aliphatic rings. The molecule has 0 unspecified atom stereocenters. The zero-order chi connectivity index (χ0) is 15.3. The number of thioether (sulfide) groups is 1. The van der Waals surface area contributed by atoms with Crippen molar-refractivity contribution in [2.75, 3.05) is 31.8 Å². The molecule has 0 saturated carbocycles. The lowest BCUT2D eigenvalue weighted by molar-refractivity contribution is 0.299. The number of rotatable bonds is 12. The summed E-state index contributed by atoms with van der Waals surface area (Å²) in [5, 5.41) is 3.43. The monoisotopic (exact) mass is 311 g/mol. The van der Waals surface area contributed by atoms with E-state index in [1.165, 1.54) is 5.56 Å². The SMILES string of the molecule is CCCNCc1ccc(OCCC)cc1OCCCSC. The van der Waals surface area contributed by atoms with E-state index in [1.807, 2.05) is 23.9 Å². The first-order valence-corrected chi connectivity index (χ1v) is 9.29. The molecule has 0 atom stereocenters. The molecule has 0 saturated heterocycles. The molecule has 1 N–H and O–H groups in total. The number of nitrogens with one attached hydrogen (secondary N) is 1. The van der Waals surface area contributed by atoms with Gasteiger partial charge in [-0.05, 0) is 43.9 Å². The maximum Gasteiger partial charge on any atom is 0.127 e. The Hall–Kier alpha value is -0.870. The van der Waals surface area contributed by atoms with Gasteiger partial charge in [0, 0.05) is 18.2 Å². The molecule has 1 aromatic carbocycles. The van der Waals surface area contributed by atoms with Crippen molar-refractivity contribution in [2.24, 2.45) is 0 Å². The zero-order valence-corrected chi connectivity index (χ0v) is 14.4. The summed E-state index contributed by atoms with van der Waals surface area (Å²) in [6.45, 7) is 7.68. The molecule has 1 aromatic rings. The van der Waals surface area contributed by atoms with E-state index in [2.05, 4.69) is 31.5 Å². The van der Waals surface area contributed by atoms with Gasteiger partial charge in [-0.1, -0.05) is 19.9 Å². The fraction of sp³-hybridized carbons (Fsp3) is 0.647. The molecule has 0 spiro atoms. The lowest BCUT2D eigenvalue weighted by Gasteiger charge is -2.14. The number of ether oxygens (including phenoxy) is 2. The van der Waals surface area contributed by atoms with Crippen LogP contribution in [-0.4, -0.2) is 31.8 Å². The molecule has 0 aliphatic carbocycles. The van der Waals surface area contributed by atoms with Crippen molar-refractivity contribution >= 4 is 11.8 Å². The highest BCUT2D eigenvalue weighted by atomic mass is 32.2. The third-order valence-corrected chi connectivity index (χ3v) is 3.70. The van der Waals surface area contributed by atoms with Gasteiger partial charge in [0.2, 0.25) is 0 Å². The van der Waals surface area contributed by atoms with Gasteiger partial charge >= 0.3 is 0 Å². The number of hydrogen-bond donors (Lipinski definition) is 1. The van der Waals surface area contributed by atoms with Crippen molar-refractivity contribution in [1.82, 2.24) is 5.32 Å². The van der Waals surface area contributed by atoms with E-state index in [0.29, 0.717) is 0 Å². The Bertz CT molecular complexity index is 385. The smallest absolute Gasteiger partial charge is 0.127 e. The van der Waals surface area contributed by atoms with Crippen LogP contribution in [-0.2, 0) is 6.54 Å². The van der Waals surface area contributed by atoms with Gasteiger partial charge in [-0.15, -0.1) is 0 Å². The highest BCUT2D eigenvalue weighted by Crippen LogP contribution is 2.25. The second kappa shape index (κ2) is 11.8. The predicted molar refractivity (Wildman–Crippen MR) is 92.7 cm³/mol. The molecule has 0 heterocycles. The first-order valence-electron chi connectivity index (χ1n) is 7.90. The maximum atomic E-state index is 5.96. The van der Waals surface area contributed by atoms with Crippen LogP contribution in [0.2, 0.25) is 0 Å². The molecule has 21 heavy (non-hydrogen) atoms. The lowest BCUT2D eigenvalue weighted by Crippen LogP contribution is -2.15. The van der Waals surface area contributed by atoms with Crippen LogP contribution >= 0.6 is 11.8 Å². The van der Waals surface area contributed by atoms with Gasteiger partial charge in [-0.2, -0.15) is 11.8 Å². The lowest BCUT2D eigenvalue weighted by atomic mass is 10.2. The van der Waals surface area contributed by atoms with E-state index in [4.69, 9.17) is 9.47 Å². The summed E-state index contributed by atoms with van der Waals surface area (Å²) in [7, 11) is 0. The Morgan fingerprint density at radius 3 is 2.67 bits per heavy atom. The Labute approximate surface area is 133 Å². The summed E-state index contributed by atoms with van der Waals surface area (Å²) >= 11 is 1.86. The number of benzene rings is 1. The molecular formula is C17H29NO2S. The molecule has 120 valence electrons. The van der Waals surface area contributed by atoms with Gasteiger partial charge in [0.05, 0.1) is 13.2 Å². The summed E-state index contributed by atoms with van der Waals surface area (Å²) < 4.78 is 11.7. The van der Waals surface area contributed by atoms with E-state index < -0.39 is 0 Å². The van der Waals surface area contributed by atoms with E-state index in [-0.39, 0.29) is 0 Å². The summed E-state index contributed by atoms with van der Waals surface area (Å²) in [6, 6.07) is 6.17. The first-order chi connectivity index (χ1) is 10.3. The van der Waals surface area contributed by atoms with Gasteiger partial charge < -0.3 is 14.8 Å². The van der Waals surface area contributed by atoms with Gasteiger partial charge in [0.25, 0.3) is 0 Å². The van der Waals surface area contributed by atoms with Gasteiger partial charge in [-0.3, -0.25) is 0 Å². The molecule has 0 bridgehead atoms. The Morgan fingerprint density at radius 2 is 1.95 bits per heavy atom. The highest BCUT2D eigenvalue weighted by Gasteiger charge is 2.06. The molecule has 1 rings (SSSR count). The van der Waals surface area contributed by atoms with Crippen molar-refractivity contribution in [3.63, 3.8) is 0 Å². The van der Waals surface area contributed by atoms with Crippen LogP contribution in [0.4, 0.5) is 0 Å². The van der Waals surface area contributed by atoms with Gasteiger partial charge in [0.1, 0.15) is 11.5 Å². The second-order valence-electron chi connectivity index (χ2n) is 4.99. The van der Waals surface area contributed by atoms with E-state index in [9.17, 15) is 0 Å². The summed E-state index contributed by atoms with van der Waals surface area (Å²) in [6.07, 6.45) is 5.35. The fourth-order valence-corrected chi connectivity index (χ4v) is 2.32. The van der Waals surface area contributed by atoms with Crippen LogP contribution in [0.5, 0.6) is 11.5 Å². The minimum Gasteiger partial charge on any atom is -0.493 e. The minimum atomic E-state index is 0.749. The van der Waals surface area contributed by atoms with Crippen LogP contribution in [0, 0.1) is 0 Å². The van der Waals surface area contributed by atoms with Crippen LogP contribution < -0.4 is 14.8 Å². The van der Waals surface area contributed by atoms with Crippen LogP contribution in [0.3, 0.4) is 0 Å². The summed E-state index contributed by atoms with van der Waals surface area (Å²) in [4.78, 5) is 0. The molecule has 3 nitrogen and oxygen atoms in total. The first kappa shape index (κ1) is 18.2. The van der Waals surface area contributed by atoms with Crippen molar-refractivity contribution in [3.8, 4) is 11.5 Å². The normalized spacial score (nSPS) is 10.6. The predicted octanol–water partition coefficient (Wildman–Crippen LogP) is 4.11. The van der Waals surface area contributed by atoms with Crippen molar-refractivity contribution in [1.29, 1.82) is 0 Å². The molecule has 4 heteroatoms. The molecule has 0 aromatic heterocycles. The average molecular weight is 311 g/mol. The average Bonchev–Trinajstić information content (AvgIpc) is 2.51. The Kier molecular flexibility index (Phi) is 10.2. The maximum absolute atomic E-state index is 5.96. The summed E-state index contributed by atoms with van der Waals surface area (Å²) in [5.74, 6) is 2.99. The van der Waals surface area contributed by atoms with Gasteiger partial charge in [0.15, 0.2) is 0 Å². The topological polar surface area (TPSA) is 30.5 Å². The molecule has 0 amide bonds. The molecular weight excluding hydrogens is 282 g/mol. The molecule has 0 fully saturated rings.